The summed E-state index contributed by atoms with van der Waals surface area (Å²) in [4.78, 5) is 59.5. The molecule has 1 aromatic heterocycles. The molecule has 0 aromatic carbocycles. The lowest BCUT2D eigenvalue weighted by Gasteiger charge is -2.43. The van der Waals surface area contributed by atoms with Gasteiger partial charge in [-0.1, -0.05) is 0 Å². The van der Waals surface area contributed by atoms with E-state index in [1.54, 1.807) is 13.8 Å². The van der Waals surface area contributed by atoms with Crippen LogP contribution in [0.25, 0.3) is 0 Å². The average molecular weight is 486 g/mol. The Hall–Kier alpha value is -2.99. The van der Waals surface area contributed by atoms with E-state index in [-0.39, 0.29) is 17.2 Å². The van der Waals surface area contributed by atoms with Crippen LogP contribution >= 0.6 is 11.3 Å². The molecule has 5 atom stereocenters. The minimum absolute atomic E-state index is 0.202. The molecule has 33 heavy (non-hydrogen) atoms. The summed E-state index contributed by atoms with van der Waals surface area (Å²) >= 11 is 1.20. The second kappa shape index (κ2) is 11.2. The molecule has 0 N–H and O–H groups in total. The largest absolute Gasteiger partial charge is 0.463 e. The van der Waals surface area contributed by atoms with Crippen molar-refractivity contribution in [3.05, 3.63) is 15.3 Å². The van der Waals surface area contributed by atoms with Crippen LogP contribution in [-0.2, 0) is 42.9 Å². The van der Waals surface area contributed by atoms with Gasteiger partial charge in [-0.2, -0.15) is 0 Å². The first kappa shape index (κ1) is 26.3. The van der Waals surface area contributed by atoms with Crippen molar-refractivity contribution in [2.45, 2.75) is 72.2 Å². The Bertz CT molecular complexity index is 922. The first-order chi connectivity index (χ1) is 15.4. The summed E-state index contributed by atoms with van der Waals surface area (Å²) < 4.78 is 32.9. The van der Waals surface area contributed by atoms with Gasteiger partial charge < -0.3 is 28.4 Å². The maximum Gasteiger partial charge on any atom is 0.303 e. The second-order valence-corrected chi connectivity index (χ2v) is 8.54. The Labute approximate surface area is 194 Å². The van der Waals surface area contributed by atoms with Gasteiger partial charge in [-0.25, -0.2) is 0 Å². The zero-order valence-electron chi connectivity index (χ0n) is 19.1. The SMILES string of the molecule is CC(=O)OCC1OC(Oc2c(C=O)sc(C)c2C)C(OC(C)=O)C(OC(C)=O)C1OC(C)=O. The van der Waals surface area contributed by atoms with Crippen LogP contribution in [0.15, 0.2) is 0 Å². The summed E-state index contributed by atoms with van der Waals surface area (Å²) in [7, 11) is 0. The number of rotatable bonds is 8. The van der Waals surface area contributed by atoms with Crippen LogP contribution in [0, 0.1) is 13.8 Å². The van der Waals surface area contributed by atoms with Crippen molar-refractivity contribution in [1.82, 2.24) is 0 Å². The maximum atomic E-state index is 11.9. The zero-order chi connectivity index (χ0) is 24.9. The molecule has 1 saturated heterocycles. The van der Waals surface area contributed by atoms with Crippen LogP contribution in [0.4, 0.5) is 0 Å². The number of ether oxygens (including phenoxy) is 6. The minimum Gasteiger partial charge on any atom is -0.463 e. The number of carbonyl (C=O) groups excluding carboxylic acids is 5. The van der Waals surface area contributed by atoms with Gasteiger partial charge >= 0.3 is 23.9 Å². The van der Waals surface area contributed by atoms with Crippen molar-refractivity contribution in [2.24, 2.45) is 0 Å². The lowest BCUT2D eigenvalue weighted by atomic mass is 9.98. The Kier molecular flexibility index (Phi) is 8.94. The Morgan fingerprint density at radius 2 is 1.42 bits per heavy atom. The molecule has 0 amide bonds. The third-order valence-electron chi connectivity index (χ3n) is 4.64. The highest BCUT2D eigenvalue weighted by Crippen LogP contribution is 2.37. The number of esters is 4. The van der Waals surface area contributed by atoms with E-state index in [2.05, 4.69) is 0 Å². The molecule has 1 aromatic rings. The highest BCUT2D eigenvalue weighted by atomic mass is 32.1. The van der Waals surface area contributed by atoms with E-state index in [0.717, 1.165) is 25.6 Å². The molecule has 12 heteroatoms. The van der Waals surface area contributed by atoms with Gasteiger partial charge in [0.2, 0.25) is 12.4 Å². The van der Waals surface area contributed by atoms with Crippen molar-refractivity contribution in [3.63, 3.8) is 0 Å². The fourth-order valence-corrected chi connectivity index (χ4v) is 4.17. The third-order valence-corrected chi connectivity index (χ3v) is 5.76. The maximum absolute atomic E-state index is 11.9. The molecule has 1 aliphatic heterocycles. The molecule has 2 heterocycles. The molecule has 0 bridgehead atoms. The van der Waals surface area contributed by atoms with Crippen molar-refractivity contribution in [1.29, 1.82) is 0 Å². The molecule has 1 aliphatic rings. The highest BCUT2D eigenvalue weighted by Gasteiger charge is 2.53. The number of thiophene rings is 1. The Balaban J connectivity index is 2.53. The second-order valence-electron chi connectivity index (χ2n) is 7.28. The standard InChI is InChI=1S/C21H26O11S/c1-9-10(2)33-16(7-22)17(9)32-21-20(30-14(6)26)19(29-13(5)25)18(28-12(4)24)15(31-21)8-27-11(3)23/h7,15,18-21H,8H2,1-6H3. The van der Waals surface area contributed by atoms with E-state index < -0.39 is 54.6 Å². The molecule has 5 unspecified atom stereocenters. The van der Waals surface area contributed by atoms with Crippen molar-refractivity contribution in [2.75, 3.05) is 6.61 Å². The van der Waals surface area contributed by atoms with Gasteiger partial charge in [0.15, 0.2) is 18.5 Å². The summed E-state index contributed by atoms with van der Waals surface area (Å²) in [6.45, 7) is 7.72. The van der Waals surface area contributed by atoms with Crippen molar-refractivity contribution < 1.29 is 52.4 Å². The van der Waals surface area contributed by atoms with E-state index in [1.165, 1.54) is 18.3 Å². The topological polar surface area (TPSA) is 141 Å². The third kappa shape index (κ3) is 6.75. The normalized spacial score (nSPS) is 24.4. The minimum atomic E-state index is -1.39. The molecule has 182 valence electrons. The van der Waals surface area contributed by atoms with Gasteiger partial charge in [0.05, 0.1) is 0 Å². The van der Waals surface area contributed by atoms with Crippen LogP contribution in [0.5, 0.6) is 5.75 Å². The van der Waals surface area contributed by atoms with Crippen molar-refractivity contribution >= 4 is 41.5 Å². The summed E-state index contributed by atoms with van der Waals surface area (Å²) in [5, 5.41) is 0. The summed E-state index contributed by atoms with van der Waals surface area (Å²) in [6.07, 6.45) is -5.93. The van der Waals surface area contributed by atoms with Gasteiger partial charge in [0.25, 0.3) is 0 Å². The molecule has 0 radical (unpaired) electrons. The smallest absolute Gasteiger partial charge is 0.303 e. The lowest BCUT2D eigenvalue weighted by Crippen LogP contribution is -2.63. The molecular formula is C21H26O11S. The molecular weight excluding hydrogens is 460 g/mol. The van der Waals surface area contributed by atoms with Crippen LogP contribution in [0.2, 0.25) is 0 Å². The van der Waals surface area contributed by atoms with Gasteiger partial charge in [-0.15, -0.1) is 11.3 Å². The molecule has 0 aliphatic carbocycles. The lowest BCUT2D eigenvalue weighted by molar-refractivity contribution is -0.288. The van der Waals surface area contributed by atoms with Crippen LogP contribution in [0.3, 0.4) is 0 Å². The fourth-order valence-electron chi connectivity index (χ4n) is 3.26. The number of hydrogen-bond donors (Lipinski definition) is 0. The quantitative estimate of drug-likeness (QED) is 0.301. The zero-order valence-corrected chi connectivity index (χ0v) is 19.9. The first-order valence-corrected chi connectivity index (χ1v) is 10.8. The van der Waals surface area contributed by atoms with E-state index in [0.29, 0.717) is 11.8 Å². The monoisotopic (exact) mass is 486 g/mol. The Morgan fingerprint density at radius 1 is 0.879 bits per heavy atom. The molecule has 11 nitrogen and oxygen atoms in total. The number of hydrogen-bond acceptors (Lipinski definition) is 12. The summed E-state index contributed by atoms with van der Waals surface area (Å²) in [5.74, 6) is -2.66. The predicted molar refractivity (Wildman–Crippen MR) is 112 cm³/mol. The molecule has 0 spiro atoms. The number of aldehydes is 1. The predicted octanol–water partition coefficient (Wildman–Crippen LogP) is 1.64. The molecule has 2 rings (SSSR count). The van der Waals surface area contributed by atoms with Gasteiger partial charge in [-0.3, -0.25) is 24.0 Å². The molecule has 1 fully saturated rings. The van der Waals surface area contributed by atoms with Gasteiger partial charge in [0, 0.05) is 38.1 Å². The van der Waals surface area contributed by atoms with E-state index in [4.69, 9.17) is 28.4 Å². The van der Waals surface area contributed by atoms with E-state index in [9.17, 15) is 24.0 Å². The fraction of sp³-hybridized carbons (Fsp3) is 0.571. The summed E-state index contributed by atoms with van der Waals surface area (Å²) in [6, 6.07) is 0. The number of aryl methyl sites for hydroxylation is 1. The molecule has 0 saturated carbocycles. The highest BCUT2D eigenvalue weighted by molar-refractivity contribution is 7.14. The average Bonchev–Trinajstić information content (AvgIpc) is 2.97. The van der Waals surface area contributed by atoms with E-state index >= 15 is 0 Å². The van der Waals surface area contributed by atoms with Crippen LogP contribution in [0.1, 0.15) is 47.8 Å². The Morgan fingerprint density at radius 3 is 1.94 bits per heavy atom. The first-order valence-electron chi connectivity index (χ1n) is 9.96. The van der Waals surface area contributed by atoms with E-state index in [1.807, 2.05) is 0 Å². The van der Waals surface area contributed by atoms with Crippen LogP contribution in [-0.4, -0.2) is 67.5 Å². The van der Waals surface area contributed by atoms with Crippen molar-refractivity contribution in [3.8, 4) is 5.75 Å². The van der Waals surface area contributed by atoms with Gasteiger partial charge in [0.1, 0.15) is 23.3 Å². The van der Waals surface area contributed by atoms with Crippen LogP contribution < -0.4 is 4.74 Å². The number of carbonyl (C=O) groups is 5. The van der Waals surface area contributed by atoms with Gasteiger partial charge in [-0.05, 0) is 13.8 Å². The summed E-state index contributed by atoms with van der Waals surface area (Å²) in [5.41, 5.74) is 0.662.